The molecule has 1 amide bonds. The molecule has 1 fully saturated rings. The molecular weight excluding hydrogens is 266 g/mol. The minimum absolute atomic E-state index is 0.0652. The minimum atomic E-state index is -0.419. The Morgan fingerprint density at radius 2 is 2.14 bits per heavy atom. The molecule has 0 aromatic heterocycles. The number of nitrogens with zero attached hydrogens (tertiary/aromatic N) is 1. The maximum Gasteiger partial charge on any atom is 0.263 e. The van der Waals surface area contributed by atoms with Gasteiger partial charge in [0.1, 0.15) is 5.75 Å². The summed E-state index contributed by atoms with van der Waals surface area (Å²) in [6.45, 7) is 5.64. The molecule has 0 saturated carbocycles. The maximum absolute atomic E-state index is 12.6. The van der Waals surface area contributed by atoms with Gasteiger partial charge in [-0.1, -0.05) is 19.1 Å². The molecule has 1 aliphatic rings. The lowest BCUT2D eigenvalue weighted by molar-refractivity contribution is -0.140. The third kappa shape index (κ3) is 4.21. The summed E-state index contributed by atoms with van der Waals surface area (Å²) in [7, 11) is 0. The van der Waals surface area contributed by atoms with E-state index in [4.69, 9.17) is 9.84 Å². The van der Waals surface area contributed by atoms with Crippen LogP contribution < -0.4 is 4.74 Å². The second-order valence-electron chi connectivity index (χ2n) is 5.78. The Bertz CT molecular complexity index is 467. The first-order chi connectivity index (χ1) is 10.1. The van der Waals surface area contributed by atoms with E-state index in [1.165, 1.54) is 0 Å². The zero-order chi connectivity index (χ0) is 15.2. The van der Waals surface area contributed by atoms with Gasteiger partial charge in [0.2, 0.25) is 0 Å². The summed E-state index contributed by atoms with van der Waals surface area (Å²) in [5, 5.41) is 9.16. The van der Waals surface area contributed by atoms with Gasteiger partial charge < -0.3 is 14.7 Å². The lowest BCUT2D eigenvalue weighted by Crippen LogP contribution is -2.46. The van der Waals surface area contributed by atoms with E-state index in [-0.39, 0.29) is 12.5 Å². The molecule has 21 heavy (non-hydrogen) atoms. The Kier molecular flexibility index (Phi) is 5.62. The SMILES string of the molecule is CCC(Oc1cccc(C)c1)C(=O)N1CCC(CO)CC1. The monoisotopic (exact) mass is 291 g/mol. The molecule has 4 nitrogen and oxygen atoms in total. The second kappa shape index (κ2) is 7.46. The smallest absolute Gasteiger partial charge is 0.263 e. The fourth-order valence-electron chi connectivity index (χ4n) is 2.70. The maximum atomic E-state index is 12.6. The molecule has 1 N–H and O–H groups in total. The number of aliphatic hydroxyl groups excluding tert-OH is 1. The van der Waals surface area contributed by atoms with Crippen LogP contribution in [0.25, 0.3) is 0 Å². The number of benzene rings is 1. The van der Waals surface area contributed by atoms with Gasteiger partial charge in [-0.3, -0.25) is 4.79 Å². The zero-order valence-electron chi connectivity index (χ0n) is 12.9. The van der Waals surface area contributed by atoms with Crippen molar-refractivity contribution in [2.24, 2.45) is 5.92 Å². The van der Waals surface area contributed by atoms with Crippen LogP contribution in [-0.2, 0) is 4.79 Å². The van der Waals surface area contributed by atoms with Crippen molar-refractivity contribution in [1.82, 2.24) is 4.90 Å². The highest BCUT2D eigenvalue weighted by atomic mass is 16.5. The fourth-order valence-corrected chi connectivity index (χ4v) is 2.70. The quantitative estimate of drug-likeness (QED) is 0.906. The van der Waals surface area contributed by atoms with Crippen molar-refractivity contribution in [3.8, 4) is 5.75 Å². The number of aryl methyl sites for hydroxylation is 1. The summed E-state index contributed by atoms with van der Waals surface area (Å²) in [5.41, 5.74) is 1.12. The first-order valence-electron chi connectivity index (χ1n) is 7.77. The van der Waals surface area contributed by atoms with Crippen molar-refractivity contribution >= 4 is 5.91 Å². The summed E-state index contributed by atoms with van der Waals surface area (Å²) in [4.78, 5) is 14.4. The molecule has 1 aromatic carbocycles. The van der Waals surface area contributed by atoms with Gasteiger partial charge in [-0.05, 0) is 49.8 Å². The molecule has 1 heterocycles. The molecule has 1 unspecified atom stereocenters. The van der Waals surface area contributed by atoms with E-state index in [9.17, 15) is 4.79 Å². The number of carbonyl (C=O) groups is 1. The Hall–Kier alpha value is -1.55. The zero-order valence-corrected chi connectivity index (χ0v) is 12.9. The van der Waals surface area contributed by atoms with E-state index in [2.05, 4.69) is 0 Å². The summed E-state index contributed by atoms with van der Waals surface area (Å²) in [5.74, 6) is 1.16. The second-order valence-corrected chi connectivity index (χ2v) is 5.78. The number of piperidine rings is 1. The average molecular weight is 291 g/mol. The summed E-state index contributed by atoms with van der Waals surface area (Å²) >= 11 is 0. The third-order valence-electron chi connectivity index (χ3n) is 4.10. The predicted molar refractivity (Wildman–Crippen MR) is 82.3 cm³/mol. The summed E-state index contributed by atoms with van der Waals surface area (Å²) in [6, 6.07) is 7.79. The van der Waals surface area contributed by atoms with E-state index < -0.39 is 6.10 Å². The van der Waals surface area contributed by atoms with E-state index in [0.717, 1.165) is 37.2 Å². The highest BCUT2D eigenvalue weighted by Gasteiger charge is 2.28. The van der Waals surface area contributed by atoms with E-state index in [1.807, 2.05) is 43.0 Å². The van der Waals surface area contributed by atoms with Gasteiger partial charge in [-0.15, -0.1) is 0 Å². The van der Waals surface area contributed by atoms with E-state index in [0.29, 0.717) is 12.3 Å². The van der Waals surface area contributed by atoms with Gasteiger partial charge >= 0.3 is 0 Å². The molecule has 1 aromatic rings. The molecule has 1 aliphatic heterocycles. The van der Waals surface area contributed by atoms with Crippen LogP contribution in [0.5, 0.6) is 5.75 Å². The molecular formula is C17H25NO3. The largest absolute Gasteiger partial charge is 0.481 e. The molecule has 2 rings (SSSR count). The van der Waals surface area contributed by atoms with Gasteiger partial charge in [0.25, 0.3) is 5.91 Å². The van der Waals surface area contributed by atoms with Crippen LogP contribution in [-0.4, -0.2) is 41.7 Å². The standard InChI is InChI=1S/C17H25NO3/c1-3-16(21-15-6-4-5-13(2)11-15)17(20)18-9-7-14(12-19)8-10-18/h4-6,11,14,16,19H,3,7-10,12H2,1-2H3. The van der Waals surface area contributed by atoms with Gasteiger partial charge in [0.05, 0.1) is 0 Å². The number of rotatable bonds is 5. The number of hydrogen-bond donors (Lipinski definition) is 1. The first kappa shape index (κ1) is 15.8. The molecule has 116 valence electrons. The Labute approximate surface area is 126 Å². The number of ether oxygens (including phenoxy) is 1. The number of aliphatic hydroxyl groups is 1. The van der Waals surface area contributed by atoms with Crippen molar-refractivity contribution in [2.45, 2.75) is 39.2 Å². The fraction of sp³-hybridized carbons (Fsp3) is 0.588. The summed E-state index contributed by atoms with van der Waals surface area (Å²) < 4.78 is 5.87. The Morgan fingerprint density at radius 1 is 1.43 bits per heavy atom. The minimum Gasteiger partial charge on any atom is -0.481 e. The topological polar surface area (TPSA) is 49.8 Å². The Balaban J connectivity index is 1.96. The normalized spacial score (nSPS) is 17.6. The van der Waals surface area contributed by atoms with Gasteiger partial charge in [-0.2, -0.15) is 0 Å². The summed E-state index contributed by atoms with van der Waals surface area (Å²) in [6.07, 6.45) is 2.00. The number of carbonyl (C=O) groups excluding carboxylic acids is 1. The van der Waals surface area contributed by atoms with Crippen molar-refractivity contribution in [3.05, 3.63) is 29.8 Å². The van der Waals surface area contributed by atoms with Crippen molar-refractivity contribution in [2.75, 3.05) is 19.7 Å². The molecule has 1 saturated heterocycles. The highest BCUT2D eigenvalue weighted by molar-refractivity contribution is 5.81. The van der Waals surface area contributed by atoms with Crippen molar-refractivity contribution in [1.29, 1.82) is 0 Å². The van der Waals surface area contributed by atoms with Crippen LogP contribution in [0.4, 0.5) is 0 Å². The van der Waals surface area contributed by atoms with Crippen LogP contribution in [0.3, 0.4) is 0 Å². The average Bonchev–Trinajstić information content (AvgIpc) is 2.52. The molecule has 0 spiro atoms. The number of likely N-dealkylation sites (tertiary alicyclic amines) is 1. The number of hydrogen-bond acceptors (Lipinski definition) is 3. The van der Waals surface area contributed by atoms with E-state index in [1.54, 1.807) is 0 Å². The van der Waals surface area contributed by atoms with Gasteiger partial charge in [0, 0.05) is 19.7 Å². The lowest BCUT2D eigenvalue weighted by atomic mass is 9.97. The van der Waals surface area contributed by atoms with Crippen LogP contribution in [0, 0.1) is 12.8 Å². The molecule has 1 atom stereocenters. The van der Waals surface area contributed by atoms with E-state index >= 15 is 0 Å². The van der Waals surface area contributed by atoms with Gasteiger partial charge in [0.15, 0.2) is 6.10 Å². The third-order valence-corrected chi connectivity index (χ3v) is 4.10. The lowest BCUT2D eigenvalue weighted by Gasteiger charge is -2.33. The highest BCUT2D eigenvalue weighted by Crippen LogP contribution is 2.20. The van der Waals surface area contributed by atoms with Crippen molar-refractivity contribution in [3.63, 3.8) is 0 Å². The first-order valence-corrected chi connectivity index (χ1v) is 7.77. The van der Waals surface area contributed by atoms with Crippen LogP contribution in [0.15, 0.2) is 24.3 Å². The van der Waals surface area contributed by atoms with Gasteiger partial charge in [-0.25, -0.2) is 0 Å². The van der Waals surface area contributed by atoms with Crippen LogP contribution >= 0.6 is 0 Å². The Morgan fingerprint density at radius 3 is 2.71 bits per heavy atom. The predicted octanol–water partition coefficient (Wildman–Crippen LogP) is 2.38. The number of amides is 1. The van der Waals surface area contributed by atoms with Crippen molar-refractivity contribution < 1.29 is 14.6 Å². The molecule has 0 radical (unpaired) electrons. The molecule has 0 aliphatic carbocycles. The van der Waals surface area contributed by atoms with Crippen LogP contribution in [0.1, 0.15) is 31.7 Å². The molecule has 4 heteroatoms. The molecule has 0 bridgehead atoms. The van der Waals surface area contributed by atoms with Crippen LogP contribution in [0.2, 0.25) is 0 Å².